The minimum Gasteiger partial charge on any atom is -0.393 e. The Hall–Kier alpha value is -2.36. The maximum Gasteiger partial charge on any atom is 0.354 e. The summed E-state index contributed by atoms with van der Waals surface area (Å²) in [6.07, 6.45) is 4.68. The number of nitrogens with zero attached hydrogens (tertiary/aromatic N) is 2. The summed E-state index contributed by atoms with van der Waals surface area (Å²) in [5.41, 5.74) is 3.24. The number of amides is 2. The Kier molecular flexibility index (Phi) is 5.85. The number of hydrogen-bond acceptors (Lipinski definition) is 6. The summed E-state index contributed by atoms with van der Waals surface area (Å²) in [4.78, 5) is 12.7. The molecule has 1 aromatic heterocycles. The lowest BCUT2D eigenvalue weighted by Crippen LogP contribution is -2.24. The van der Waals surface area contributed by atoms with Crippen LogP contribution in [0, 0.1) is 17.1 Å². The lowest BCUT2D eigenvalue weighted by atomic mass is 9.93. The molecule has 1 heterocycles. The smallest absolute Gasteiger partial charge is 0.354 e. The molecule has 170 valence electrons. The Morgan fingerprint density at radius 1 is 1.31 bits per heavy atom. The molecule has 1 unspecified atom stereocenters. The van der Waals surface area contributed by atoms with Gasteiger partial charge in [0, 0.05) is 10.6 Å². The molecular weight excluding hydrogens is 455 g/mol. The number of hydrogen-bond donors (Lipinski definition) is 4. The van der Waals surface area contributed by atoms with E-state index < -0.39 is 38.2 Å². The van der Waals surface area contributed by atoms with Gasteiger partial charge in [-0.2, -0.15) is 5.26 Å². The van der Waals surface area contributed by atoms with Gasteiger partial charge in [-0.05, 0) is 73.8 Å². The van der Waals surface area contributed by atoms with Gasteiger partial charge in [-0.25, -0.2) is 18.5 Å². The molecule has 4 rings (SSSR count). The first-order valence-electron chi connectivity index (χ1n) is 10.2. The lowest BCUT2D eigenvalue weighted by Gasteiger charge is -2.17. The molecule has 2 atom stereocenters. The van der Waals surface area contributed by atoms with Crippen LogP contribution >= 0.6 is 11.3 Å². The summed E-state index contributed by atoms with van der Waals surface area (Å²) in [6.45, 7) is 0.598. The van der Waals surface area contributed by atoms with Crippen LogP contribution in [0.25, 0.3) is 0 Å². The standard InChI is InChI=1S/C21H23FN4O4S2/c1-21(29,10-27)17-8-16(22)19(31-17)32(24,30)26-20(28)25-18-13-6-2-4-11(13)15(9-23)12-5-3-7-14(12)18/h8,27,29H,2-7,10H2,1H3,(H3,24,25,26,28,30)/t21-,32?/m0/s1. The number of fused-ring (bicyclic) bond motifs is 2. The van der Waals surface area contributed by atoms with Crippen molar-refractivity contribution in [3.05, 3.63) is 44.6 Å². The van der Waals surface area contributed by atoms with Gasteiger partial charge in [-0.15, -0.1) is 15.7 Å². The highest BCUT2D eigenvalue weighted by Gasteiger charge is 2.31. The van der Waals surface area contributed by atoms with Crippen LogP contribution in [0.2, 0.25) is 0 Å². The van der Waals surface area contributed by atoms with Crippen molar-refractivity contribution in [2.75, 3.05) is 11.9 Å². The van der Waals surface area contributed by atoms with Crippen LogP contribution in [0.3, 0.4) is 0 Å². The second kappa shape index (κ2) is 8.20. The minimum atomic E-state index is -3.94. The number of nitrogens with one attached hydrogen (secondary N) is 1. The van der Waals surface area contributed by atoms with Crippen LogP contribution in [-0.4, -0.2) is 27.1 Å². The van der Waals surface area contributed by atoms with Gasteiger partial charge < -0.3 is 15.5 Å². The second-order valence-corrected chi connectivity index (χ2v) is 11.3. The Morgan fingerprint density at radius 3 is 2.41 bits per heavy atom. The predicted octanol–water partition coefficient (Wildman–Crippen LogP) is 2.87. The number of thiophene rings is 1. The van der Waals surface area contributed by atoms with Crippen molar-refractivity contribution >= 4 is 33.0 Å². The number of anilines is 1. The fourth-order valence-corrected chi connectivity index (χ4v) is 6.81. The number of nitrogens with two attached hydrogens (primary N) is 1. The van der Waals surface area contributed by atoms with Gasteiger partial charge in [0.15, 0.2) is 19.9 Å². The van der Waals surface area contributed by atoms with Crippen LogP contribution < -0.4 is 10.5 Å². The third-order valence-electron chi connectivity index (χ3n) is 5.96. The van der Waals surface area contributed by atoms with Gasteiger partial charge in [0.25, 0.3) is 0 Å². The first-order chi connectivity index (χ1) is 15.1. The van der Waals surface area contributed by atoms with E-state index in [9.17, 15) is 28.9 Å². The van der Waals surface area contributed by atoms with Crippen molar-refractivity contribution in [2.24, 2.45) is 9.50 Å². The van der Waals surface area contributed by atoms with Gasteiger partial charge >= 0.3 is 6.03 Å². The molecule has 2 amide bonds. The van der Waals surface area contributed by atoms with Crippen molar-refractivity contribution in [1.29, 1.82) is 5.26 Å². The number of halogens is 1. The number of carbonyl (C=O) groups is 1. The zero-order valence-electron chi connectivity index (χ0n) is 17.4. The van der Waals surface area contributed by atoms with Crippen molar-refractivity contribution in [3.63, 3.8) is 0 Å². The van der Waals surface area contributed by atoms with E-state index in [-0.39, 0.29) is 4.88 Å². The highest BCUT2D eigenvalue weighted by atomic mass is 32.2. The molecule has 0 bridgehead atoms. The number of aliphatic hydroxyl groups excluding tert-OH is 1. The average Bonchev–Trinajstić information content (AvgIpc) is 3.46. The number of rotatable bonds is 4. The van der Waals surface area contributed by atoms with Gasteiger partial charge in [-0.1, -0.05) is 0 Å². The number of urea groups is 1. The maximum atomic E-state index is 14.4. The van der Waals surface area contributed by atoms with Crippen LogP contribution in [0.4, 0.5) is 14.9 Å². The van der Waals surface area contributed by atoms with E-state index in [2.05, 4.69) is 15.7 Å². The van der Waals surface area contributed by atoms with Crippen molar-refractivity contribution in [3.8, 4) is 6.07 Å². The molecule has 1 aromatic carbocycles. The Labute approximate surface area is 189 Å². The summed E-state index contributed by atoms with van der Waals surface area (Å²) in [6, 6.07) is 2.28. The third kappa shape index (κ3) is 3.82. The molecule has 0 saturated carbocycles. The molecular formula is C21H23FN4O4S2. The van der Waals surface area contributed by atoms with Gasteiger partial charge in [0.2, 0.25) is 0 Å². The molecule has 2 aliphatic rings. The molecule has 0 radical (unpaired) electrons. The van der Waals surface area contributed by atoms with E-state index in [0.717, 1.165) is 54.0 Å². The minimum absolute atomic E-state index is 0.0176. The number of aliphatic hydroxyl groups is 2. The van der Waals surface area contributed by atoms with E-state index in [1.807, 2.05) is 0 Å². The fraction of sp³-hybridized carbons (Fsp3) is 0.429. The summed E-state index contributed by atoms with van der Waals surface area (Å²) in [7, 11) is -3.94. The first kappa shape index (κ1) is 22.8. The lowest BCUT2D eigenvalue weighted by molar-refractivity contribution is 0.000654. The highest BCUT2D eigenvalue weighted by molar-refractivity contribution is 7.93. The molecule has 8 nitrogen and oxygen atoms in total. The van der Waals surface area contributed by atoms with Gasteiger partial charge in [-0.3, -0.25) is 0 Å². The molecule has 5 N–H and O–H groups in total. The van der Waals surface area contributed by atoms with Crippen molar-refractivity contribution in [2.45, 2.75) is 55.3 Å². The van der Waals surface area contributed by atoms with E-state index in [0.29, 0.717) is 35.4 Å². The topological polar surface area (TPSA) is 149 Å². The first-order valence-corrected chi connectivity index (χ1v) is 12.6. The van der Waals surface area contributed by atoms with E-state index >= 15 is 0 Å². The summed E-state index contributed by atoms with van der Waals surface area (Å²) in [5, 5.41) is 37.5. The number of benzene rings is 1. The van der Waals surface area contributed by atoms with E-state index in [1.165, 1.54) is 6.92 Å². The average molecular weight is 479 g/mol. The Morgan fingerprint density at radius 2 is 1.88 bits per heavy atom. The molecule has 2 aromatic rings. The monoisotopic (exact) mass is 478 g/mol. The molecule has 11 heteroatoms. The largest absolute Gasteiger partial charge is 0.393 e. The summed E-state index contributed by atoms with van der Waals surface area (Å²) >= 11 is 0.596. The number of nitriles is 1. The normalized spacial score (nSPS) is 18.2. The summed E-state index contributed by atoms with van der Waals surface area (Å²) in [5.74, 6) is -0.970. The molecule has 0 saturated heterocycles. The zero-order chi connectivity index (χ0) is 23.3. The predicted molar refractivity (Wildman–Crippen MR) is 118 cm³/mol. The molecule has 0 fully saturated rings. The molecule has 32 heavy (non-hydrogen) atoms. The van der Waals surface area contributed by atoms with Crippen LogP contribution in [-0.2, 0) is 41.2 Å². The van der Waals surface area contributed by atoms with E-state index in [1.54, 1.807) is 0 Å². The zero-order valence-corrected chi connectivity index (χ0v) is 19.0. The maximum absolute atomic E-state index is 14.4. The molecule has 0 spiro atoms. The van der Waals surface area contributed by atoms with Gasteiger partial charge in [0.1, 0.15) is 5.60 Å². The quantitative estimate of drug-likeness (QED) is 0.533. The fourth-order valence-electron chi connectivity index (χ4n) is 4.43. The van der Waals surface area contributed by atoms with E-state index in [4.69, 9.17) is 5.14 Å². The Bertz CT molecular complexity index is 1250. The van der Waals surface area contributed by atoms with Crippen LogP contribution in [0.15, 0.2) is 14.6 Å². The van der Waals surface area contributed by atoms with Crippen molar-refractivity contribution < 1.29 is 23.6 Å². The second-order valence-electron chi connectivity index (χ2n) is 8.25. The highest BCUT2D eigenvalue weighted by Crippen LogP contribution is 2.41. The van der Waals surface area contributed by atoms with Crippen LogP contribution in [0.5, 0.6) is 0 Å². The number of carbonyl (C=O) groups excluding carboxylic acids is 1. The third-order valence-corrected chi connectivity index (χ3v) is 9.25. The summed E-state index contributed by atoms with van der Waals surface area (Å²) < 4.78 is 30.5. The Balaban J connectivity index is 1.71. The molecule has 0 aliphatic heterocycles. The molecule has 2 aliphatic carbocycles. The SMILES string of the molecule is C[C@](O)(CO)c1cc(F)c(S(N)(=O)=NC(=O)Nc2c3c(c(C#N)c4c2CCC4)CCC3)s1. The van der Waals surface area contributed by atoms with Crippen LogP contribution in [0.1, 0.15) is 52.5 Å². The van der Waals surface area contributed by atoms with Crippen molar-refractivity contribution in [1.82, 2.24) is 0 Å². The van der Waals surface area contributed by atoms with Gasteiger partial charge in [0.05, 0.1) is 18.2 Å².